The zero-order chi connectivity index (χ0) is 13.8. The van der Waals surface area contributed by atoms with Gasteiger partial charge in [0, 0.05) is 11.9 Å². The van der Waals surface area contributed by atoms with E-state index >= 15 is 0 Å². The van der Waals surface area contributed by atoms with Crippen LogP contribution in [0.4, 0.5) is 0 Å². The Morgan fingerprint density at radius 3 is 2.39 bits per heavy atom. The van der Waals surface area contributed by atoms with Crippen molar-refractivity contribution in [1.29, 1.82) is 0 Å². The molecule has 2 nitrogen and oxygen atoms in total. The fourth-order valence-electron chi connectivity index (χ4n) is 1.59. The number of hydrogen-bond donors (Lipinski definition) is 1. The first-order valence-electron chi connectivity index (χ1n) is 5.77. The van der Waals surface area contributed by atoms with E-state index in [0.29, 0.717) is 12.1 Å². The van der Waals surface area contributed by atoms with Crippen LogP contribution in [0.25, 0.3) is 0 Å². The van der Waals surface area contributed by atoms with Gasteiger partial charge in [0.2, 0.25) is 0 Å². The van der Waals surface area contributed by atoms with Crippen LogP contribution in [0.3, 0.4) is 0 Å². The number of thiophene rings is 1. The molecular weight excluding hydrogens is 446 g/mol. The Morgan fingerprint density at radius 2 is 2.00 bits per heavy atom. The van der Waals surface area contributed by atoms with Gasteiger partial charge in [-0.05, 0) is 56.2 Å². The molecule has 0 aromatic carbocycles. The molecule has 0 atom stereocenters. The second-order valence-electron chi connectivity index (χ2n) is 4.26. The molecule has 0 radical (unpaired) electrons. The molecule has 0 saturated carbocycles. The van der Waals surface area contributed by atoms with Crippen molar-refractivity contribution in [2.75, 3.05) is 11.9 Å². The van der Waals surface area contributed by atoms with Gasteiger partial charge >= 0.3 is 0 Å². The SMILES string of the molecule is CCC(CC)(CBr)CNC(=O)c1cc(Br)sc1Br. The van der Waals surface area contributed by atoms with Crippen molar-refractivity contribution < 1.29 is 4.79 Å². The Balaban J connectivity index is 2.69. The summed E-state index contributed by atoms with van der Waals surface area (Å²) in [5, 5.41) is 3.94. The molecule has 0 aliphatic rings. The van der Waals surface area contributed by atoms with E-state index in [9.17, 15) is 4.79 Å². The summed E-state index contributed by atoms with van der Waals surface area (Å²) in [5.41, 5.74) is 0.845. The molecule has 0 fully saturated rings. The largest absolute Gasteiger partial charge is 0.351 e. The van der Waals surface area contributed by atoms with Crippen LogP contribution in [0.15, 0.2) is 13.6 Å². The van der Waals surface area contributed by atoms with Gasteiger partial charge in [0.15, 0.2) is 0 Å². The summed E-state index contributed by atoms with van der Waals surface area (Å²) in [6, 6.07) is 1.85. The molecule has 1 rings (SSSR count). The van der Waals surface area contributed by atoms with Gasteiger partial charge in [-0.2, -0.15) is 0 Å². The van der Waals surface area contributed by atoms with Gasteiger partial charge in [0.1, 0.15) is 0 Å². The monoisotopic (exact) mass is 459 g/mol. The van der Waals surface area contributed by atoms with Crippen LogP contribution in [0.5, 0.6) is 0 Å². The topological polar surface area (TPSA) is 29.1 Å². The predicted molar refractivity (Wildman–Crippen MR) is 88.9 cm³/mol. The summed E-state index contributed by atoms with van der Waals surface area (Å²) < 4.78 is 1.82. The summed E-state index contributed by atoms with van der Waals surface area (Å²) in [6.45, 7) is 5.02. The molecule has 1 N–H and O–H groups in total. The summed E-state index contributed by atoms with van der Waals surface area (Å²) >= 11 is 11.9. The lowest BCUT2D eigenvalue weighted by Gasteiger charge is -2.29. The van der Waals surface area contributed by atoms with Crippen molar-refractivity contribution in [3.63, 3.8) is 0 Å². The Labute approximate surface area is 137 Å². The quantitative estimate of drug-likeness (QED) is 0.579. The van der Waals surface area contributed by atoms with E-state index in [1.54, 1.807) is 0 Å². The molecule has 0 bridgehead atoms. The van der Waals surface area contributed by atoms with E-state index in [4.69, 9.17) is 0 Å². The van der Waals surface area contributed by atoms with Crippen LogP contribution in [0, 0.1) is 5.41 Å². The van der Waals surface area contributed by atoms with Crippen molar-refractivity contribution in [3.8, 4) is 0 Å². The highest BCUT2D eigenvalue weighted by Crippen LogP contribution is 2.32. The van der Waals surface area contributed by atoms with Crippen molar-refractivity contribution >= 4 is 65.0 Å². The average molecular weight is 462 g/mol. The molecule has 0 unspecified atom stereocenters. The van der Waals surface area contributed by atoms with Gasteiger partial charge in [-0.1, -0.05) is 29.8 Å². The van der Waals surface area contributed by atoms with Crippen LogP contribution in [0.1, 0.15) is 37.0 Å². The van der Waals surface area contributed by atoms with Crippen LogP contribution in [-0.4, -0.2) is 17.8 Å². The minimum Gasteiger partial charge on any atom is -0.351 e. The van der Waals surface area contributed by atoms with E-state index in [1.165, 1.54) is 11.3 Å². The highest BCUT2D eigenvalue weighted by Gasteiger charge is 2.26. The predicted octanol–water partition coefficient (Wildman–Crippen LogP) is 5.20. The van der Waals surface area contributed by atoms with Crippen molar-refractivity contribution in [2.24, 2.45) is 5.41 Å². The number of alkyl halides is 1. The molecule has 18 heavy (non-hydrogen) atoms. The Morgan fingerprint density at radius 1 is 1.39 bits per heavy atom. The second-order valence-corrected chi connectivity index (χ2v) is 8.57. The first-order valence-corrected chi connectivity index (χ1v) is 9.29. The van der Waals surface area contributed by atoms with Gasteiger partial charge < -0.3 is 5.32 Å². The van der Waals surface area contributed by atoms with Crippen LogP contribution in [0.2, 0.25) is 0 Å². The summed E-state index contributed by atoms with van der Waals surface area (Å²) in [5.74, 6) is -0.0175. The maximum atomic E-state index is 12.1. The lowest BCUT2D eigenvalue weighted by molar-refractivity contribution is 0.0932. The summed E-state index contributed by atoms with van der Waals surface area (Å²) in [4.78, 5) is 12.1. The smallest absolute Gasteiger partial charge is 0.253 e. The standard InChI is InChI=1S/C12H16Br3NOS/c1-3-12(4-2,6-13)7-16-11(17)8-5-9(14)18-10(8)15/h5H,3-4,6-7H2,1-2H3,(H,16,17). The molecule has 1 heterocycles. The average Bonchev–Trinajstić information content (AvgIpc) is 2.70. The second kappa shape index (κ2) is 7.41. The first-order chi connectivity index (χ1) is 8.48. The zero-order valence-corrected chi connectivity index (χ0v) is 15.9. The van der Waals surface area contributed by atoms with Crippen molar-refractivity contribution in [3.05, 3.63) is 19.2 Å². The highest BCUT2D eigenvalue weighted by atomic mass is 79.9. The Kier molecular flexibility index (Phi) is 6.86. The third kappa shape index (κ3) is 4.05. The zero-order valence-electron chi connectivity index (χ0n) is 10.4. The molecule has 102 valence electrons. The summed E-state index contributed by atoms with van der Waals surface area (Å²) in [7, 11) is 0. The van der Waals surface area contributed by atoms with E-state index in [-0.39, 0.29) is 11.3 Å². The number of hydrogen-bond acceptors (Lipinski definition) is 2. The fraction of sp³-hybridized carbons (Fsp3) is 0.583. The Hall–Kier alpha value is 0.610. The number of amides is 1. The molecular formula is C12H16Br3NOS. The van der Waals surface area contributed by atoms with Crippen molar-refractivity contribution in [2.45, 2.75) is 26.7 Å². The number of halogens is 3. The number of carbonyl (C=O) groups excluding carboxylic acids is 1. The lowest BCUT2D eigenvalue weighted by atomic mass is 9.84. The lowest BCUT2D eigenvalue weighted by Crippen LogP contribution is -2.38. The van der Waals surface area contributed by atoms with Gasteiger partial charge in [0.25, 0.3) is 5.91 Å². The number of rotatable bonds is 6. The molecule has 0 aliphatic carbocycles. The van der Waals surface area contributed by atoms with E-state index in [2.05, 4.69) is 67.0 Å². The van der Waals surface area contributed by atoms with E-state index in [0.717, 1.165) is 25.7 Å². The van der Waals surface area contributed by atoms with Crippen LogP contribution in [-0.2, 0) is 0 Å². The van der Waals surface area contributed by atoms with Gasteiger partial charge in [-0.25, -0.2) is 0 Å². The van der Waals surface area contributed by atoms with Crippen LogP contribution < -0.4 is 5.32 Å². The van der Waals surface area contributed by atoms with Crippen LogP contribution >= 0.6 is 59.1 Å². The third-order valence-corrected chi connectivity index (χ3v) is 6.84. The normalized spacial score (nSPS) is 11.6. The third-order valence-electron chi connectivity index (χ3n) is 3.31. The number of carbonyl (C=O) groups is 1. The van der Waals surface area contributed by atoms with Gasteiger partial charge in [-0.15, -0.1) is 11.3 Å². The highest BCUT2D eigenvalue weighted by molar-refractivity contribution is 9.12. The molecule has 6 heteroatoms. The fourth-order valence-corrected chi connectivity index (χ4v) is 5.38. The first kappa shape index (κ1) is 16.7. The van der Waals surface area contributed by atoms with E-state index in [1.807, 2.05) is 6.07 Å². The number of nitrogens with one attached hydrogen (secondary N) is 1. The minimum absolute atomic E-state index is 0.0175. The summed E-state index contributed by atoms with van der Waals surface area (Å²) in [6.07, 6.45) is 2.09. The minimum atomic E-state index is -0.0175. The molecule has 1 aromatic rings. The molecule has 1 amide bonds. The maximum Gasteiger partial charge on any atom is 0.253 e. The van der Waals surface area contributed by atoms with E-state index < -0.39 is 0 Å². The molecule has 1 aromatic heterocycles. The Bertz CT molecular complexity index is 407. The van der Waals surface area contributed by atoms with Gasteiger partial charge in [-0.3, -0.25) is 4.79 Å². The maximum absolute atomic E-state index is 12.1. The van der Waals surface area contributed by atoms with Gasteiger partial charge in [0.05, 0.1) is 13.1 Å². The molecule has 0 saturated heterocycles. The van der Waals surface area contributed by atoms with Crippen molar-refractivity contribution in [1.82, 2.24) is 5.32 Å². The molecule has 0 spiro atoms. The molecule has 0 aliphatic heterocycles.